The highest BCUT2D eigenvalue weighted by atomic mass is 32.2. The van der Waals surface area contributed by atoms with Crippen LogP contribution < -0.4 is 9.61 Å². The Morgan fingerprint density at radius 3 is 2.38 bits per heavy atom. The number of nitrogens with zero attached hydrogens (tertiary/aromatic N) is 2. The van der Waals surface area contributed by atoms with Crippen LogP contribution in [0.5, 0.6) is 5.75 Å². The normalized spacial score (nSPS) is 11.4. The first-order valence-electron chi connectivity index (χ1n) is 9.93. The Morgan fingerprint density at radius 1 is 0.912 bits per heavy atom. The van der Waals surface area contributed by atoms with Crippen LogP contribution in [0.2, 0.25) is 0 Å². The van der Waals surface area contributed by atoms with E-state index >= 15 is 0 Å². The van der Waals surface area contributed by atoms with Crippen molar-refractivity contribution >= 4 is 38.7 Å². The lowest BCUT2D eigenvalue weighted by molar-refractivity contribution is -0.384. The maximum absolute atomic E-state index is 12.5. The molecule has 10 heteroatoms. The summed E-state index contributed by atoms with van der Waals surface area (Å²) in [5, 5.41) is 16.6. The number of carbonyl (C=O) groups excluding carboxylic acids is 1. The van der Waals surface area contributed by atoms with Gasteiger partial charge in [-0.1, -0.05) is 42.5 Å². The average Bonchev–Trinajstić information content (AvgIpc) is 2.83. The topological polar surface area (TPSA) is 128 Å². The third-order valence-corrected chi connectivity index (χ3v) is 6.05. The van der Waals surface area contributed by atoms with E-state index in [1.807, 2.05) is 30.3 Å². The van der Waals surface area contributed by atoms with Crippen LogP contribution in [0.3, 0.4) is 0 Å². The van der Waals surface area contributed by atoms with Crippen molar-refractivity contribution in [2.24, 2.45) is 5.10 Å². The smallest absolute Gasteiger partial charge is 0.339 e. The van der Waals surface area contributed by atoms with Crippen LogP contribution in [-0.4, -0.2) is 25.5 Å². The molecule has 0 saturated heterocycles. The van der Waals surface area contributed by atoms with Gasteiger partial charge in [0.2, 0.25) is 0 Å². The second-order valence-corrected chi connectivity index (χ2v) is 8.67. The van der Waals surface area contributed by atoms with Crippen molar-refractivity contribution in [2.45, 2.75) is 4.90 Å². The van der Waals surface area contributed by atoms with Crippen molar-refractivity contribution in [3.63, 3.8) is 0 Å². The molecule has 0 atom stereocenters. The van der Waals surface area contributed by atoms with E-state index in [2.05, 4.69) is 10.5 Å². The highest BCUT2D eigenvalue weighted by molar-refractivity contribution is 7.87. The summed E-state index contributed by atoms with van der Waals surface area (Å²) in [4.78, 5) is 22.3. The van der Waals surface area contributed by atoms with Gasteiger partial charge < -0.3 is 4.18 Å². The van der Waals surface area contributed by atoms with Crippen LogP contribution in [0.25, 0.3) is 10.8 Å². The van der Waals surface area contributed by atoms with E-state index in [0.29, 0.717) is 11.1 Å². The van der Waals surface area contributed by atoms with Gasteiger partial charge in [0.05, 0.1) is 11.1 Å². The van der Waals surface area contributed by atoms with E-state index in [-0.39, 0.29) is 16.3 Å². The molecule has 9 nitrogen and oxygen atoms in total. The fourth-order valence-corrected chi connectivity index (χ4v) is 4.04. The van der Waals surface area contributed by atoms with Gasteiger partial charge in [0.15, 0.2) is 0 Å². The first kappa shape index (κ1) is 22.6. The van der Waals surface area contributed by atoms with E-state index in [0.717, 1.165) is 35.0 Å². The predicted molar refractivity (Wildman–Crippen MR) is 126 cm³/mol. The van der Waals surface area contributed by atoms with Gasteiger partial charge in [0.25, 0.3) is 11.6 Å². The standard InChI is InChI=1S/C24H17N3O6S/c28-24(20-9-8-18-5-1-2-6-19(18)15-20)26-25-16-17-4-3-7-22(14-17)33-34(31,32)23-12-10-21(11-13-23)27(29)30/h1-16H,(H,26,28)/b25-16-. The molecule has 34 heavy (non-hydrogen) atoms. The van der Waals surface area contributed by atoms with Gasteiger partial charge >= 0.3 is 10.1 Å². The summed E-state index contributed by atoms with van der Waals surface area (Å²) >= 11 is 0. The van der Waals surface area contributed by atoms with Crippen molar-refractivity contribution in [1.82, 2.24) is 5.43 Å². The van der Waals surface area contributed by atoms with E-state index < -0.39 is 20.9 Å². The van der Waals surface area contributed by atoms with Crippen molar-refractivity contribution in [1.29, 1.82) is 0 Å². The minimum Gasteiger partial charge on any atom is -0.379 e. The number of hydrazone groups is 1. The summed E-state index contributed by atoms with van der Waals surface area (Å²) in [7, 11) is -4.20. The largest absolute Gasteiger partial charge is 0.379 e. The van der Waals surface area contributed by atoms with Crippen LogP contribution in [0, 0.1) is 10.1 Å². The number of non-ortho nitro benzene ring substituents is 1. The zero-order chi connectivity index (χ0) is 24.1. The summed E-state index contributed by atoms with van der Waals surface area (Å²) in [6.07, 6.45) is 1.35. The lowest BCUT2D eigenvalue weighted by Gasteiger charge is -2.07. The van der Waals surface area contributed by atoms with Crippen molar-refractivity contribution < 1.29 is 22.3 Å². The molecule has 4 aromatic rings. The van der Waals surface area contributed by atoms with Gasteiger partial charge in [-0.2, -0.15) is 13.5 Å². The molecule has 0 unspecified atom stereocenters. The van der Waals surface area contributed by atoms with Crippen LogP contribution >= 0.6 is 0 Å². The lowest BCUT2D eigenvalue weighted by atomic mass is 10.1. The molecule has 0 aliphatic heterocycles. The molecule has 4 aromatic carbocycles. The van der Waals surface area contributed by atoms with Crippen LogP contribution in [0.4, 0.5) is 5.69 Å². The molecule has 0 aromatic heterocycles. The van der Waals surface area contributed by atoms with E-state index in [1.165, 1.54) is 18.3 Å². The SMILES string of the molecule is O=C(N/N=C\c1cccc(OS(=O)(=O)c2ccc([N+](=O)[O-])cc2)c1)c1ccc2ccccc2c1. The number of benzene rings is 4. The van der Waals surface area contributed by atoms with E-state index in [1.54, 1.807) is 24.3 Å². The first-order valence-corrected chi connectivity index (χ1v) is 11.3. The highest BCUT2D eigenvalue weighted by Crippen LogP contribution is 2.21. The number of hydrogen-bond acceptors (Lipinski definition) is 7. The molecule has 0 fully saturated rings. The molecule has 0 spiro atoms. The van der Waals surface area contributed by atoms with Crippen LogP contribution in [0.1, 0.15) is 15.9 Å². The second-order valence-electron chi connectivity index (χ2n) is 7.12. The number of fused-ring (bicyclic) bond motifs is 1. The molecular weight excluding hydrogens is 458 g/mol. The molecular formula is C24H17N3O6S. The van der Waals surface area contributed by atoms with Crippen LogP contribution in [-0.2, 0) is 10.1 Å². The Hall–Kier alpha value is -4.57. The molecule has 1 N–H and O–H groups in total. The number of carbonyl (C=O) groups is 1. The molecule has 0 heterocycles. The Bertz CT molecular complexity index is 1520. The summed E-state index contributed by atoms with van der Waals surface area (Å²) in [5.74, 6) is -0.377. The number of rotatable bonds is 7. The van der Waals surface area contributed by atoms with Gasteiger partial charge in [0, 0.05) is 17.7 Å². The monoisotopic (exact) mass is 475 g/mol. The quantitative estimate of drug-likeness (QED) is 0.184. The highest BCUT2D eigenvalue weighted by Gasteiger charge is 2.18. The molecule has 170 valence electrons. The maximum atomic E-state index is 12.5. The van der Waals surface area contributed by atoms with Crippen LogP contribution in [0.15, 0.2) is 101 Å². The number of amides is 1. The third kappa shape index (κ3) is 5.25. The lowest BCUT2D eigenvalue weighted by Crippen LogP contribution is -2.17. The molecule has 0 bridgehead atoms. The zero-order valence-electron chi connectivity index (χ0n) is 17.5. The fourth-order valence-electron chi connectivity index (χ4n) is 3.12. The van der Waals surface area contributed by atoms with Crippen molar-refractivity contribution in [3.05, 3.63) is 112 Å². The minimum absolute atomic E-state index is 0.0168. The molecule has 0 aliphatic carbocycles. The fraction of sp³-hybridized carbons (Fsp3) is 0. The average molecular weight is 475 g/mol. The van der Waals surface area contributed by atoms with Gasteiger partial charge in [-0.05, 0) is 52.7 Å². The molecule has 1 amide bonds. The van der Waals surface area contributed by atoms with Gasteiger partial charge in [0.1, 0.15) is 10.6 Å². The minimum atomic E-state index is -4.20. The Morgan fingerprint density at radius 2 is 1.65 bits per heavy atom. The van der Waals surface area contributed by atoms with Gasteiger partial charge in [-0.3, -0.25) is 14.9 Å². The molecule has 0 radical (unpaired) electrons. The number of nitro benzene ring substituents is 1. The predicted octanol–water partition coefficient (Wildman–Crippen LogP) is 4.28. The number of nitrogens with one attached hydrogen (secondary N) is 1. The van der Waals surface area contributed by atoms with Gasteiger partial charge in [-0.15, -0.1) is 0 Å². The number of nitro groups is 1. The second kappa shape index (κ2) is 9.51. The third-order valence-electron chi connectivity index (χ3n) is 4.79. The van der Waals surface area contributed by atoms with E-state index in [4.69, 9.17) is 4.18 Å². The van der Waals surface area contributed by atoms with Crippen molar-refractivity contribution in [3.8, 4) is 5.75 Å². The maximum Gasteiger partial charge on any atom is 0.339 e. The number of hydrogen-bond donors (Lipinski definition) is 1. The Labute approximate surface area is 194 Å². The molecule has 0 saturated carbocycles. The van der Waals surface area contributed by atoms with Gasteiger partial charge in [-0.25, -0.2) is 5.43 Å². The van der Waals surface area contributed by atoms with Crippen molar-refractivity contribution in [2.75, 3.05) is 0 Å². The Kier molecular flexibility index (Phi) is 6.33. The first-order chi connectivity index (χ1) is 16.3. The van der Waals surface area contributed by atoms with E-state index in [9.17, 15) is 23.3 Å². The molecule has 0 aliphatic rings. The summed E-state index contributed by atoms with van der Waals surface area (Å²) in [6, 6.07) is 23.4. The zero-order valence-corrected chi connectivity index (χ0v) is 18.3. The summed E-state index contributed by atoms with van der Waals surface area (Å²) in [5.41, 5.74) is 3.13. The molecule has 4 rings (SSSR count). The summed E-state index contributed by atoms with van der Waals surface area (Å²) < 4.78 is 30.0. The summed E-state index contributed by atoms with van der Waals surface area (Å²) in [6.45, 7) is 0. The Balaban J connectivity index is 1.43.